The van der Waals surface area contributed by atoms with Crippen LogP contribution in [0.25, 0.3) is 33.1 Å². The van der Waals surface area contributed by atoms with Gasteiger partial charge in [-0.25, -0.2) is 4.39 Å². The number of aromatic amines is 1. The third kappa shape index (κ3) is 6.73. The number of fused-ring (bicyclic) bond motifs is 3. The first-order valence-electron chi connectivity index (χ1n) is 16.9. The van der Waals surface area contributed by atoms with Crippen LogP contribution in [0.4, 0.5) is 10.2 Å². The number of aromatic nitrogens is 5. The van der Waals surface area contributed by atoms with Gasteiger partial charge >= 0.3 is 6.01 Å². The van der Waals surface area contributed by atoms with Gasteiger partial charge in [0.15, 0.2) is 5.82 Å². The van der Waals surface area contributed by atoms with E-state index in [1.807, 2.05) is 6.08 Å². The number of nitrogens with zero attached hydrogens (tertiary/aromatic N) is 6. The fraction of sp³-hybridized carbons (Fsp3) is 0.500. The van der Waals surface area contributed by atoms with Crippen molar-refractivity contribution in [3.05, 3.63) is 60.7 Å². The number of anilines is 1. The Labute approximate surface area is 280 Å². The van der Waals surface area contributed by atoms with Crippen LogP contribution in [-0.2, 0) is 4.74 Å². The molecule has 3 saturated heterocycles. The van der Waals surface area contributed by atoms with Crippen molar-refractivity contribution in [2.75, 3.05) is 50.9 Å². The number of ether oxygens (including phenoxy) is 2. The van der Waals surface area contributed by atoms with Gasteiger partial charge in [-0.05, 0) is 88.4 Å². The summed E-state index contributed by atoms with van der Waals surface area (Å²) in [5.74, 6) is 1.34. The second-order valence-corrected chi connectivity index (χ2v) is 13.8. The van der Waals surface area contributed by atoms with Crippen LogP contribution >= 0.6 is 11.6 Å². The molecule has 1 saturated carbocycles. The first-order valence-corrected chi connectivity index (χ1v) is 17.3. The van der Waals surface area contributed by atoms with Gasteiger partial charge in [0.2, 0.25) is 0 Å². The van der Waals surface area contributed by atoms with Gasteiger partial charge in [-0.1, -0.05) is 23.8 Å². The second-order valence-electron chi connectivity index (χ2n) is 13.4. The standard InChI is InChI=1S/C31H35ClFN7O2.C5H8/c1-2-12-41-18-20-6-3-9-39(17-20)29-24-15-34-27(22-13-21(32)14-25-23(22)16-35-38-25)26(33)28(24)36-30(37-29)42-19-31-7-4-10-40(31)11-5-8-31;1-2-5-3-4-5/h2,13-16,20H,1,3-12,17-19H2,(H,35,38);2,5H,1,3-4H2. The lowest BCUT2D eigenvalue weighted by molar-refractivity contribution is 0.107. The van der Waals surface area contributed by atoms with E-state index in [4.69, 9.17) is 26.1 Å². The number of hydrogen-bond acceptors (Lipinski definition) is 8. The van der Waals surface area contributed by atoms with Crippen molar-refractivity contribution >= 4 is 39.2 Å². The van der Waals surface area contributed by atoms with Crippen LogP contribution in [-0.4, -0.2) is 81.6 Å². The molecule has 11 heteroatoms. The van der Waals surface area contributed by atoms with Gasteiger partial charge < -0.3 is 14.4 Å². The maximum absolute atomic E-state index is 16.5. The largest absolute Gasteiger partial charge is 0.461 e. The van der Waals surface area contributed by atoms with Crippen molar-refractivity contribution in [3.8, 4) is 17.3 Å². The number of pyridine rings is 1. The van der Waals surface area contributed by atoms with Crippen LogP contribution in [0.1, 0.15) is 51.4 Å². The summed E-state index contributed by atoms with van der Waals surface area (Å²) in [6, 6.07) is 3.67. The lowest BCUT2D eigenvalue weighted by Crippen LogP contribution is -2.43. The molecule has 4 fully saturated rings. The average molecular weight is 660 g/mol. The monoisotopic (exact) mass is 659 g/mol. The number of rotatable bonds is 10. The highest BCUT2D eigenvalue weighted by molar-refractivity contribution is 6.31. The molecule has 1 aliphatic carbocycles. The SMILES string of the molecule is C=CC1CC1.C=CCOCC1CCCN(c2nc(OCC34CCCN3CCC4)nc3c(F)c(-c4cc(Cl)cc5[nH]ncc45)ncc23)C1. The summed E-state index contributed by atoms with van der Waals surface area (Å²) >= 11 is 6.39. The summed E-state index contributed by atoms with van der Waals surface area (Å²) in [6.45, 7) is 12.8. The van der Waals surface area contributed by atoms with Gasteiger partial charge in [-0.15, -0.1) is 13.2 Å². The number of H-pyrrole nitrogens is 1. The van der Waals surface area contributed by atoms with Crippen molar-refractivity contribution in [2.24, 2.45) is 11.8 Å². The minimum atomic E-state index is -0.532. The molecule has 0 spiro atoms. The molecule has 1 unspecified atom stereocenters. The fourth-order valence-corrected chi connectivity index (χ4v) is 7.65. The molecule has 4 aromatic rings. The van der Waals surface area contributed by atoms with E-state index in [1.165, 1.54) is 25.7 Å². The molecule has 3 aromatic heterocycles. The Morgan fingerprint density at radius 3 is 2.62 bits per heavy atom. The van der Waals surface area contributed by atoms with Gasteiger partial charge in [-0.3, -0.25) is 15.0 Å². The van der Waals surface area contributed by atoms with Crippen molar-refractivity contribution in [1.29, 1.82) is 0 Å². The summed E-state index contributed by atoms with van der Waals surface area (Å²) in [4.78, 5) is 18.9. The quantitative estimate of drug-likeness (QED) is 0.139. The number of benzene rings is 1. The van der Waals surface area contributed by atoms with Crippen LogP contribution in [0.5, 0.6) is 6.01 Å². The Hall–Kier alpha value is -3.60. The van der Waals surface area contributed by atoms with E-state index in [0.717, 1.165) is 63.2 Å². The summed E-state index contributed by atoms with van der Waals surface area (Å²) in [5.41, 5.74) is 1.64. The Morgan fingerprint density at radius 1 is 1.04 bits per heavy atom. The average Bonchev–Trinajstić information content (AvgIpc) is 3.45. The molecule has 1 N–H and O–H groups in total. The van der Waals surface area contributed by atoms with Crippen LogP contribution in [0.2, 0.25) is 5.02 Å². The van der Waals surface area contributed by atoms with Crippen LogP contribution in [0.3, 0.4) is 0 Å². The number of hydrogen-bond donors (Lipinski definition) is 1. The Morgan fingerprint density at radius 2 is 1.87 bits per heavy atom. The molecule has 9 nitrogen and oxygen atoms in total. The van der Waals surface area contributed by atoms with E-state index in [-0.39, 0.29) is 22.8 Å². The predicted octanol–water partition coefficient (Wildman–Crippen LogP) is 7.37. The van der Waals surface area contributed by atoms with Gasteiger partial charge in [-0.2, -0.15) is 15.1 Å². The molecule has 47 heavy (non-hydrogen) atoms. The van der Waals surface area contributed by atoms with Crippen molar-refractivity contribution in [1.82, 2.24) is 30.0 Å². The normalized spacial score (nSPS) is 20.6. The number of allylic oxidation sites excluding steroid dienone is 1. The smallest absolute Gasteiger partial charge is 0.319 e. The first-order chi connectivity index (χ1) is 23.0. The highest BCUT2D eigenvalue weighted by Crippen LogP contribution is 2.40. The molecular formula is C36H43ClFN7O2. The summed E-state index contributed by atoms with van der Waals surface area (Å²) < 4.78 is 28.7. The molecular weight excluding hydrogens is 617 g/mol. The minimum absolute atomic E-state index is 0.0207. The van der Waals surface area contributed by atoms with Crippen LogP contribution in [0, 0.1) is 17.7 Å². The molecule has 6 heterocycles. The van der Waals surface area contributed by atoms with E-state index >= 15 is 4.39 Å². The topological polar surface area (TPSA) is 92.3 Å². The highest BCUT2D eigenvalue weighted by atomic mass is 35.5. The molecule has 1 aromatic carbocycles. The zero-order valence-electron chi connectivity index (χ0n) is 26.9. The van der Waals surface area contributed by atoms with E-state index < -0.39 is 5.82 Å². The maximum Gasteiger partial charge on any atom is 0.319 e. The number of nitrogens with one attached hydrogen (secondary N) is 1. The van der Waals surface area contributed by atoms with Crippen molar-refractivity contribution in [3.63, 3.8) is 0 Å². The van der Waals surface area contributed by atoms with Crippen LogP contribution < -0.4 is 9.64 Å². The predicted molar refractivity (Wildman–Crippen MR) is 185 cm³/mol. The Kier molecular flexibility index (Phi) is 9.43. The summed E-state index contributed by atoms with van der Waals surface area (Å²) in [5, 5.41) is 8.80. The van der Waals surface area contributed by atoms with E-state index in [2.05, 4.69) is 43.1 Å². The molecule has 0 bridgehead atoms. The van der Waals surface area contributed by atoms with E-state index in [1.54, 1.807) is 30.6 Å². The van der Waals surface area contributed by atoms with Crippen molar-refractivity contribution < 1.29 is 13.9 Å². The summed E-state index contributed by atoms with van der Waals surface area (Å²) in [7, 11) is 0. The number of piperidine rings is 1. The molecule has 0 radical (unpaired) electrons. The molecule has 1 atom stereocenters. The molecule has 248 valence electrons. The Balaban J connectivity index is 0.000000644. The molecule has 0 amide bonds. The van der Waals surface area contributed by atoms with E-state index in [0.29, 0.717) is 53.0 Å². The van der Waals surface area contributed by atoms with Crippen molar-refractivity contribution in [2.45, 2.75) is 56.9 Å². The third-order valence-electron chi connectivity index (χ3n) is 10.1. The third-order valence-corrected chi connectivity index (χ3v) is 10.3. The fourth-order valence-electron chi connectivity index (χ4n) is 7.43. The van der Waals surface area contributed by atoms with Crippen LogP contribution in [0.15, 0.2) is 49.8 Å². The molecule has 3 aliphatic heterocycles. The molecule has 8 rings (SSSR count). The van der Waals surface area contributed by atoms with Gasteiger partial charge in [0.05, 0.1) is 35.9 Å². The van der Waals surface area contributed by atoms with Gasteiger partial charge in [0.25, 0.3) is 0 Å². The summed E-state index contributed by atoms with van der Waals surface area (Å²) in [6.07, 6.45) is 16.5. The maximum atomic E-state index is 16.5. The van der Waals surface area contributed by atoms with Gasteiger partial charge in [0.1, 0.15) is 23.6 Å². The number of halogens is 2. The van der Waals surface area contributed by atoms with E-state index in [9.17, 15) is 0 Å². The second kappa shape index (κ2) is 13.9. The zero-order valence-corrected chi connectivity index (χ0v) is 27.7. The highest BCUT2D eigenvalue weighted by Gasteiger charge is 2.45. The first kappa shape index (κ1) is 32.0. The minimum Gasteiger partial charge on any atom is -0.461 e. The lowest BCUT2D eigenvalue weighted by Gasteiger charge is -2.34. The lowest BCUT2D eigenvalue weighted by atomic mass is 9.95. The molecule has 4 aliphatic rings. The Bertz CT molecular complexity index is 1750. The van der Waals surface area contributed by atoms with Gasteiger partial charge in [0, 0.05) is 35.3 Å². The zero-order chi connectivity index (χ0) is 32.4.